The second-order valence-electron chi connectivity index (χ2n) is 6.28. The first-order chi connectivity index (χ1) is 10.8. The minimum Gasteiger partial charge on any atom is -0.465 e. The van der Waals surface area contributed by atoms with Crippen molar-refractivity contribution in [1.82, 2.24) is 4.90 Å². The van der Waals surface area contributed by atoms with E-state index in [-0.39, 0.29) is 17.3 Å². The Morgan fingerprint density at radius 2 is 1.91 bits per heavy atom. The van der Waals surface area contributed by atoms with E-state index in [0.717, 1.165) is 24.8 Å². The quantitative estimate of drug-likeness (QED) is 0.770. The molecule has 0 amide bonds. The van der Waals surface area contributed by atoms with Gasteiger partial charge in [0, 0.05) is 18.8 Å². The molecule has 0 bridgehead atoms. The predicted octanol–water partition coefficient (Wildman–Crippen LogP) is 2.26. The second kappa shape index (κ2) is 7.45. The molecular weight excluding hydrogens is 314 g/mol. The van der Waals surface area contributed by atoms with Crippen LogP contribution in [0.4, 0.5) is 0 Å². The maximum atomic E-state index is 12.1. The van der Waals surface area contributed by atoms with Gasteiger partial charge in [0.05, 0.1) is 17.9 Å². The Morgan fingerprint density at radius 1 is 1.26 bits per heavy atom. The molecule has 0 spiro atoms. The van der Waals surface area contributed by atoms with Gasteiger partial charge in [0.15, 0.2) is 9.84 Å². The summed E-state index contributed by atoms with van der Waals surface area (Å²) in [4.78, 5) is 13.9. The van der Waals surface area contributed by atoms with Crippen LogP contribution in [-0.2, 0) is 21.1 Å². The Kier molecular flexibility index (Phi) is 5.81. The number of hydrogen-bond acceptors (Lipinski definition) is 5. The van der Waals surface area contributed by atoms with Gasteiger partial charge in [-0.2, -0.15) is 0 Å². The largest absolute Gasteiger partial charge is 0.465 e. The average Bonchev–Trinajstić information content (AvgIpc) is 2.54. The summed E-state index contributed by atoms with van der Waals surface area (Å²) in [6.45, 7) is 0.530. The van der Waals surface area contributed by atoms with Crippen LogP contribution >= 0.6 is 0 Å². The number of benzene rings is 1. The van der Waals surface area contributed by atoms with Gasteiger partial charge >= 0.3 is 5.97 Å². The van der Waals surface area contributed by atoms with Crippen LogP contribution in [0.3, 0.4) is 0 Å². The minimum atomic E-state index is -3.08. The summed E-state index contributed by atoms with van der Waals surface area (Å²) in [6, 6.07) is 7.30. The molecule has 1 aliphatic carbocycles. The highest BCUT2D eigenvalue weighted by Gasteiger charge is 2.35. The van der Waals surface area contributed by atoms with Crippen molar-refractivity contribution < 1.29 is 17.9 Å². The smallest absolute Gasteiger partial charge is 0.338 e. The van der Waals surface area contributed by atoms with E-state index in [9.17, 15) is 13.2 Å². The lowest BCUT2D eigenvalue weighted by molar-refractivity contribution is 0.0597. The highest BCUT2D eigenvalue weighted by atomic mass is 32.2. The number of rotatable bonds is 5. The zero-order valence-electron chi connectivity index (χ0n) is 14.0. The molecule has 128 valence electrons. The number of sulfone groups is 1. The van der Waals surface area contributed by atoms with Crippen molar-refractivity contribution in [3.63, 3.8) is 0 Å². The lowest BCUT2D eigenvalue weighted by Gasteiger charge is -2.37. The molecule has 0 aromatic heterocycles. The van der Waals surface area contributed by atoms with Crippen LogP contribution in [0, 0.1) is 0 Å². The van der Waals surface area contributed by atoms with Crippen LogP contribution in [0.1, 0.15) is 41.6 Å². The van der Waals surface area contributed by atoms with E-state index in [1.54, 1.807) is 12.1 Å². The van der Waals surface area contributed by atoms with Gasteiger partial charge in [0.1, 0.15) is 0 Å². The zero-order chi connectivity index (χ0) is 17.0. The highest BCUT2D eigenvalue weighted by molar-refractivity contribution is 7.91. The molecule has 23 heavy (non-hydrogen) atoms. The molecule has 2 atom stereocenters. The average molecular weight is 339 g/mol. The molecule has 6 heteroatoms. The van der Waals surface area contributed by atoms with Crippen molar-refractivity contribution in [2.24, 2.45) is 0 Å². The number of hydrogen-bond donors (Lipinski definition) is 0. The molecule has 1 aromatic carbocycles. The summed E-state index contributed by atoms with van der Waals surface area (Å²) < 4.78 is 29.0. The van der Waals surface area contributed by atoms with Crippen LogP contribution < -0.4 is 0 Å². The van der Waals surface area contributed by atoms with E-state index < -0.39 is 9.84 Å². The summed E-state index contributed by atoms with van der Waals surface area (Å²) in [5.41, 5.74) is 1.40. The monoisotopic (exact) mass is 339 g/mol. The number of carbonyl (C=O) groups is 1. The molecular formula is C17H25NO4S. The lowest BCUT2D eigenvalue weighted by Crippen LogP contribution is -2.46. The summed E-state index contributed by atoms with van der Waals surface area (Å²) in [5, 5.41) is -0.327. The molecule has 2 rings (SSSR count). The van der Waals surface area contributed by atoms with Crippen LogP contribution in [0.5, 0.6) is 0 Å². The highest BCUT2D eigenvalue weighted by Crippen LogP contribution is 2.28. The van der Waals surface area contributed by atoms with Crippen LogP contribution in [0.15, 0.2) is 24.3 Å². The second-order valence-corrected chi connectivity index (χ2v) is 8.55. The molecule has 1 saturated carbocycles. The standard InChI is InChI=1S/C17H25NO4S/c1-18(15-10-6-7-11-16(15)23(3,20)21)12-13-8-4-5-9-14(13)17(19)22-2/h4-5,8-9,15-16H,6-7,10-12H2,1-3H3/t15-,16-/m0/s1. The minimum absolute atomic E-state index is 0.00977. The van der Waals surface area contributed by atoms with Crippen molar-refractivity contribution >= 4 is 15.8 Å². The van der Waals surface area contributed by atoms with Gasteiger partial charge in [-0.15, -0.1) is 0 Å². The fourth-order valence-corrected chi connectivity index (χ4v) is 4.94. The third kappa shape index (κ3) is 4.32. The van der Waals surface area contributed by atoms with Crippen LogP contribution in [0.2, 0.25) is 0 Å². The van der Waals surface area contributed by atoms with Crippen molar-refractivity contribution in [2.45, 2.75) is 43.5 Å². The Hall–Kier alpha value is -1.40. The first-order valence-corrected chi connectivity index (χ1v) is 9.85. The van der Waals surface area contributed by atoms with Gasteiger partial charge in [-0.05, 0) is 31.5 Å². The summed E-state index contributed by atoms with van der Waals surface area (Å²) in [5.74, 6) is -0.364. The zero-order valence-corrected chi connectivity index (χ0v) is 14.8. The van der Waals surface area contributed by atoms with E-state index in [0.29, 0.717) is 18.5 Å². The number of ether oxygens (including phenoxy) is 1. The summed E-state index contributed by atoms with van der Waals surface area (Å²) >= 11 is 0. The van der Waals surface area contributed by atoms with Gasteiger partial charge < -0.3 is 4.74 Å². The molecule has 0 heterocycles. The number of nitrogens with zero attached hydrogens (tertiary/aromatic N) is 1. The van der Waals surface area contributed by atoms with E-state index in [1.807, 2.05) is 19.2 Å². The molecule has 1 aliphatic rings. The fraction of sp³-hybridized carbons (Fsp3) is 0.588. The lowest BCUT2D eigenvalue weighted by atomic mass is 9.93. The van der Waals surface area contributed by atoms with Crippen molar-refractivity contribution in [2.75, 3.05) is 20.4 Å². The van der Waals surface area contributed by atoms with E-state index >= 15 is 0 Å². The SMILES string of the molecule is COC(=O)c1ccccc1CN(C)[C@H]1CCCC[C@@H]1S(C)(=O)=O. The Morgan fingerprint density at radius 3 is 2.57 bits per heavy atom. The van der Waals surface area contributed by atoms with Gasteiger partial charge in [0.25, 0.3) is 0 Å². The summed E-state index contributed by atoms with van der Waals surface area (Å²) in [6.07, 6.45) is 4.91. The molecule has 5 nitrogen and oxygen atoms in total. The first kappa shape index (κ1) is 17.9. The van der Waals surface area contributed by atoms with Gasteiger partial charge in [-0.3, -0.25) is 4.90 Å². The number of methoxy groups -OCH3 is 1. The molecule has 0 N–H and O–H groups in total. The number of esters is 1. The van der Waals surface area contributed by atoms with Crippen molar-refractivity contribution in [3.8, 4) is 0 Å². The third-order valence-electron chi connectivity index (χ3n) is 4.63. The molecule has 1 fully saturated rings. The third-order valence-corrected chi connectivity index (χ3v) is 6.28. The summed E-state index contributed by atoms with van der Waals surface area (Å²) in [7, 11) is 0.221. The molecule has 0 aliphatic heterocycles. The Balaban J connectivity index is 2.21. The molecule has 0 saturated heterocycles. The van der Waals surface area contributed by atoms with Gasteiger partial charge in [-0.1, -0.05) is 31.0 Å². The van der Waals surface area contributed by atoms with Crippen LogP contribution in [-0.4, -0.2) is 51.0 Å². The van der Waals surface area contributed by atoms with E-state index in [4.69, 9.17) is 4.74 Å². The van der Waals surface area contributed by atoms with E-state index in [2.05, 4.69) is 4.90 Å². The van der Waals surface area contributed by atoms with Crippen molar-refractivity contribution in [3.05, 3.63) is 35.4 Å². The molecule has 0 radical (unpaired) electrons. The number of carbonyl (C=O) groups excluding carboxylic acids is 1. The van der Waals surface area contributed by atoms with Gasteiger partial charge in [0.2, 0.25) is 0 Å². The predicted molar refractivity (Wildman–Crippen MR) is 90.1 cm³/mol. The normalized spacial score (nSPS) is 22.1. The fourth-order valence-electron chi connectivity index (χ4n) is 3.43. The van der Waals surface area contributed by atoms with E-state index in [1.165, 1.54) is 13.4 Å². The van der Waals surface area contributed by atoms with Gasteiger partial charge in [-0.25, -0.2) is 13.2 Å². The Labute approximate surface area is 138 Å². The Bertz CT molecular complexity index is 656. The first-order valence-electron chi connectivity index (χ1n) is 7.90. The maximum Gasteiger partial charge on any atom is 0.338 e. The molecule has 0 unspecified atom stereocenters. The molecule has 1 aromatic rings. The van der Waals surface area contributed by atoms with Crippen LogP contribution in [0.25, 0.3) is 0 Å². The van der Waals surface area contributed by atoms with Crippen molar-refractivity contribution in [1.29, 1.82) is 0 Å². The topological polar surface area (TPSA) is 63.7 Å². The maximum absolute atomic E-state index is 12.1.